The van der Waals surface area contributed by atoms with Crippen molar-refractivity contribution < 1.29 is 9.32 Å². The second-order valence-corrected chi connectivity index (χ2v) is 6.84. The van der Waals surface area contributed by atoms with Gasteiger partial charge in [-0.2, -0.15) is 4.98 Å². The van der Waals surface area contributed by atoms with E-state index in [1.54, 1.807) is 0 Å². The molecule has 7 heteroatoms. The van der Waals surface area contributed by atoms with Crippen LogP contribution in [0.25, 0.3) is 11.1 Å². The third-order valence-electron chi connectivity index (χ3n) is 4.78. The number of nitrogens with one attached hydrogen (secondary N) is 1. The van der Waals surface area contributed by atoms with E-state index in [-0.39, 0.29) is 11.9 Å². The number of hydrogen-bond acceptors (Lipinski definition) is 6. The van der Waals surface area contributed by atoms with Crippen molar-refractivity contribution in [2.45, 2.75) is 65.3 Å². The first-order valence-corrected chi connectivity index (χ1v) is 9.25. The minimum absolute atomic E-state index is 0.0336. The van der Waals surface area contributed by atoms with E-state index < -0.39 is 0 Å². The molecular formula is C18H27N5O2. The van der Waals surface area contributed by atoms with Crippen LogP contribution in [-0.4, -0.2) is 40.2 Å². The Morgan fingerprint density at radius 3 is 2.76 bits per heavy atom. The van der Waals surface area contributed by atoms with E-state index in [0.29, 0.717) is 24.4 Å². The SMILES string of the molecule is CC[C@@H](C)NC(=O)CCc1nc(N2CCCCC2)c2c(C)noc2n1. The van der Waals surface area contributed by atoms with Gasteiger partial charge in [0.2, 0.25) is 5.91 Å². The summed E-state index contributed by atoms with van der Waals surface area (Å²) in [5.41, 5.74) is 1.34. The minimum Gasteiger partial charge on any atom is -0.356 e. The summed E-state index contributed by atoms with van der Waals surface area (Å²) in [6.45, 7) is 7.96. The molecule has 2 aromatic heterocycles. The molecule has 1 aliphatic heterocycles. The summed E-state index contributed by atoms with van der Waals surface area (Å²) >= 11 is 0. The number of anilines is 1. The van der Waals surface area contributed by atoms with E-state index >= 15 is 0 Å². The Bertz CT molecular complexity index is 736. The van der Waals surface area contributed by atoms with Gasteiger partial charge in [-0.05, 0) is 39.5 Å². The third kappa shape index (κ3) is 4.08. The van der Waals surface area contributed by atoms with Gasteiger partial charge in [0.1, 0.15) is 17.0 Å². The van der Waals surface area contributed by atoms with Crippen LogP contribution < -0.4 is 10.2 Å². The number of nitrogens with zero attached hydrogens (tertiary/aromatic N) is 4. The van der Waals surface area contributed by atoms with Gasteiger partial charge in [-0.1, -0.05) is 12.1 Å². The Labute approximate surface area is 148 Å². The van der Waals surface area contributed by atoms with Gasteiger partial charge in [-0.15, -0.1) is 0 Å². The molecule has 0 aliphatic carbocycles. The highest BCUT2D eigenvalue weighted by molar-refractivity contribution is 5.88. The van der Waals surface area contributed by atoms with Crippen LogP contribution in [0.4, 0.5) is 5.82 Å². The number of rotatable bonds is 6. The molecule has 2 aromatic rings. The molecule has 0 unspecified atom stereocenters. The number of aromatic nitrogens is 3. The zero-order valence-corrected chi connectivity index (χ0v) is 15.3. The summed E-state index contributed by atoms with van der Waals surface area (Å²) in [6.07, 6.45) is 5.40. The number of carbonyl (C=O) groups excluding carboxylic acids is 1. The summed E-state index contributed by atoms with van der Waals surface area (Å²) in [7, 11) is 0. The molecule has 1 aliphatic rings. The summed E-state index contributed by atoms with van der Waals surface area (Å²) in [5.74, 6) is 1.58. The lowest BCUT2D eigenvalue weighted by molar-refractivity contribution is -0.121. The maximum Gasteiger partial charge on any atom is 0.263 e. The highest BCUT2D eigenvalue weighted by Gasteiger charge is 2.21. The molecule has 3 heterocycles. The van der Waals surface area contributed by atoms with E-state index in [2.05, 4.69) is 27.3 Å². The quantitative estimate of drug-likeness (QED) is 0.866. The van der Waals surface area contributed by atoms with Crippen molar-refractivity contribution in [1.82, 2.24) is 20.4 Å². The van der Waals surface area contributed by atoms with Gasteiger partial charge in [-0.3, -0.25) is 4.79 Å². The molecule has 1 saturated heterocycles. The van der Waals surface area contributed by atoms with E-state index in [9.17, 15) is 4.79 Å². The van der Waals surface area contributed by atoms with Gasteiger partial charge < -0.3 is 14.7 Å². The van der Waals surface area contributed by atoms with E-state index in [4.69, 9.17) is 9.51 Å². The summed E-state index contributed by atoms with van der Waals surface area (Å²) in [4.78, 5) is 23.6. The van der Waals surface area contributed by atoms with E-state index in [1.807, 2.05) is 13.8 Å². The fraction of sp³-hybridized carbons (Fsp3) is 0.667. The molecule has 1 atom stereocenters. The largest absolute Gasteiger partial charge is 0.356 e. The van der Waals surface area contributed by atoms with Crippen molar-refractivity contribution >= 4 is 22.8 Å². The van der Waals surface area contributed by atoms with Crippen molar-refractivity contribution in [2.75, 3.05) is 18.0 Å². The lowest BCUT2D eigenvalue weighted by Crippen LogP contribution is -2.32. The molecule has 7 nitrogen and oxygen atoms in total. The lowest BCUT2D eigenvalue weighted by atomic mass is 10.1. The molecule has 1 amide bonds. The number of hydrogen-bond donors (Lipinski definition) is 1. The second-order valence-electron chi connectivity index (χ2n) is 6.84. The maximum atomic E-state index is 12.0. The molecule has 0 radical (unpaired) electrons. The van der Waals surface area contributed by atoms with Crippen molar-refractivity contribution in [3.8, 4) is 0 Å². The average molecular weight is 345 g/mol. The number of carbonyl (C=O) groups is 1. The topological polar surface area (TPSA) is 84.2 Å². The summed E-state index contributed by atoms with van der Waals surface area (Å²) in [5, 5.41) is 7.93. The van der Waals surface area contributed by atoms with Crippen LogP contribution in [0.2, 0.25) is 0 Å². The zero-order chi connectivity index (χ0) is 17.8. The number of fused-ring (bicyclic) bond motifs is 1. The van der Waals surface area contributed by atoms with Crippen molar-refractivity contribution in [1.29, 1.82) is 0 Å². The molecule has 3 rings (SSSR count). The van der Waals surface area contributed by atoms with Crippen molar-refractivity contribution in [3.63, 3.8) is 0 Å². The minimum atomic E-state index is 0.0336. The molecule has 1 N–H and O–H groups in total. The first-order valence-electron chi connectivity index (χ1n) is 9.25. The molecule has 1 fully saturated rings. The third-order valence-corrected chi connectivity index (χ3v) is 4.78. The Hall–Kier alpha value is -2.18. The van der Waals surface area contributed by atoms with Crippen LogP contribution in [0.15, 0.2) is 4.52 Å². The maximum absolute atomic E-state index is 12.0. The fourth-order valence-corrected chi connectivity index (χ4v) is 3.13. The molecule has 0 spiro atoms. The molecule has 25 heavy (non-hydrogen) atoms. The lowest BCUT2D eigenvalue weighted by Gasteiger charge is -2.28. The van der Waals surface area contributed by atoms with Gasteiger partial charge in [0.05, 0.1) is 5.69 Å². The van der Waals surface area contributed by atoms with Crippen LogP contribution in [-0.2, 0) is 11.2 Å². The molecule has 0 aromatic carbocycles. The zero-order valence-electron chi connectivity index (χ0n) is 15.3. The van der Waals surface area contributed by atoms with E-state index in [1.165, 1.54) is 19.3 Å². The molecule has 136 valence electrons. The van der Waals surface area contributed by atoms with Gasteiger partial charge in [-0.25, -0.2) is 4.98 Å². The van der Waals surface area contributed by atoms with Crippen LogP contribution in [0.3, 0.4) is 0 Å². The number of amides is 1. The first kappa shape index (κ1) is 17.6. The monoisotopic (exact) mass is 345 g/mol. The molecule has 0 bridgehead atoms. The Morgan fingerprint density at radius 1 is 1.28 bits per heavy atom. The predicted octanol–water partition coefficient (Wildman–Crippen LogP) is 2.76. The molecule has 0 saturated carbocycles. The molecular weight excluding hydrogens is 318 g/mol. The van der Waals surface area contributed by atoms with Crippen molar-refractivity contribution in [2.24, 2.45) is 0 Å². The second kappa shape index (κ2) is 7.80. The fourth-order valence-electron chi connectivity index (χ4n) is 3.13. The number of piperidine rings is 1. The van der Waals surface area contributed by atoms with Gasteiger partial charge in [0.25, 0.3) is 5.71 Å². The Balaban J connectivity index is 1.80. The van der Waals surface area contributed by atoms with E-state index in [0.717, 1.165) is 36.4 Å². The van der Waals surface area contributed by atoms with Crippen LogP contribution in [0.5, 0.6) is 0 Å². The average Bonchev–Trinajstić information content (AvgIpc) is 3.01. The van der Waals surface area contributed by atoms with Crippen molar-refractivity contribution in [3.05, 3.63) is 11.5 Å². The normalized spacial score (nSPS) is 16.2. The summed E-state index contributed by atoms with van der Waals surface area (Å²) < 4.78 is 5.38. The van der Waals surface area contributed by atoms with Crippen LogP contribution in [0.1, 0.15) is 57.5 Å². The van der Waals surface area contributed by atoms with Gasteiger partial charge in [0.15, 0.2) is 0 Å². The van der Waals surface area contributed by atoms with Gasteiger partial charge >= 0.3 is 0 Å². The van der Waals surface area contributed by atoms with Gasteiger partial charge in [0, 0.05) is 32.0 Å². The standard InChI is InChI=1S/C18H27N5O2/c1-4-12(2)19-15(24)9-8-14-20-17(23-10-6-5-7-11-23)16-13(3)22-25-18(16)21-14/h12H,4-11H2,1-3H3,(H,19,24)/t12-/m1/s1. The summed E-state index contributed by atoms with van der Waals surface area (Å²) in [6, 6.07) is 0.191. The highest BCUT2D eigenvalue weighted by atomic mass is 16.5. The number of aryl methyl sites for hydroxylation is 2. The highest BCUT2D eigenvalue weighted by Crippen LogP contribution is 2.29. The smallest absolute Gasteiger partial charge is 0.263 e. The van der Waals surface area contributed by atoms with Crippen LogP contribution in [0, 0.1) is 6.92 Å². The van der Waals surface area contributed by atoms with Crippen LogP contribution >= 0.6 is 0 Å². The Morgan fingerprint density at radius 2 is 2.04 bits per heavy atom. The first-order chi connectivity index (χ1) is 12.1. The Kier molecular flexibility index (Phi) is 5.50. The predicted molar refractivity (Wildman–Crippen MR) is 96.6 cm³/mol.